The Bertz CT molecular complexity index is 622. The first-order chi connectivity index (χ1) is 10.6. The molecule has 2 amide bonds. The number of aromatic nitrogens is 2. The lowest BCUT2D eigenvalue weighted by Gasteiger charge is -2.25. The average Bonchev–Trinajstić information content (AvgIpc) is 3.13. The molecule has 0 saturated carbocycles. The molecule has 2 rings (SSSR count). The first kappa shape index (κ1) is 16.2. The summed E-state index contributed by atoms with van der Waals surface area (Å²) in [6.07, 6.45) is 5.13. The Morgan fingerprint density at radius 3 is 2.95 bits per heavy atom. The smallest absolute Gasteiger partial charge is 0.324 e. The largest absolute Gasteiger partial charge is 0.465 e. The second-order valence-electron chi connectivity index (χ2n) is 4.74. The number of urea groups is 1. The van der Waals surface area contributed by atoms with E-state index in [1.807, 2.05) is 19.9 Å². The first-order valence-corrected chi connectivity index (χ1v) is 7.65. The quantitative estimate of drug-likeness (QED) is 0.852. The van der Waals surface area contributed by atoms with Gasteiger partial charge in [-0.3, -0.25) is 5.32 Å². The van der Waals surface area contributed by atoms with Crippen LogP contribution in [0.4, 0.5) is 9.93 Å². The number of aliphatic hydroxyl groups is 1. The molecule has 22 heavy (non-hydrogen) atoms. The van der Waals surface area contributed by atoms with E-state index >= 15 is 0 Å². The Balaban J connectivity index is 1.97. The van der Waals surface area contributed by atoms with Gasteiger partial charge < -0.3 is 14.4 Å². The summed E-state index contributed by atoms with van der Waals surface area (Å²) in [4.78, 5) is 13.6. The van der Waals surface area contributed by atoms with Gasteiger partial charge in [0.25, 0.3) is 0 Å². The minimum Gasteiger partial charge on any atom is -0.465 e. The Kier molecular flexibility index (Phi) is 5.68. The molecule has 0 fully saturated rings. The predicted octanol–water partition coefficient (Wildman–Crippen LogP) is 2.54. The lowest BCUT2D eigenvalue weighted by Crippen LogP contribution is -2.41. The monoisotopic (exact) mass is 322 g/mol. The number of furan rings is 1. The van der Waals surface area contributed by atoms with Crippen molar-refractivity contribution in [2.75, 3.05) is 18.5 Å². The maximum atomic E-state index is 12.1. The second kappa shape index (κ2) is 7.71. The van der Waals surface area contributed by atoms with Gasteiger partial charge in [-0.25, -0.2) is 4.79 Å². The van der Waals surface area contributed by atoms with Crippen LogP contribution in [-0.4, -0.2) is 45.4 Å². The van der Waals surface area contributed by atoms with Gasteiger partial charge >= 0.3 is 6.03 Å². The van der Waals surface area contributed by atoms with Gasteiger partial charge in [0.05, 0.1) is 12.9 Å². The van der Waals surface area contributed by atoms with Crippen LogP contribution >= 0.6 is 11.3 Å². The zero-order chi connectivity index (χ0) is 15.9. The summed E-state index contributed by atoms with van der Waals surface area (Å²) in [5, 5.41) is 20.7. The van der Waals surface area contributed by atoms with E-state index in [1.165, 1.54) is 16.2 Å². The van der Waals surface area contributed by atoms with E-state index in [4.69, 9.17) is 9.52 Å². The van der Waals surface area contributed by atoms with Crippen LogP contribution in [-0.2, 0) is 0 Å². The zero-order valence-electron chi connectivity index (χ0n) is 12.4. The standard InChI is InChI=1S/C14H18N4O3S/c1-10(2)18(7-8-19)14(20)15-13-17-16-12(22-13)6-5-11-4-3-9-21-11/h3-6,9-10,19H,7-8H2,1-2H3,(H,15,17,20)/b6-5+. The molecule has 0 aliphatic heterocycles. The van der Waals surface area contributed by atoms with Crippen molar-refractivity contribution >= 4 is 34.7 Å². The third-order valence-corrected chi connectivity index (χ3v) is 3.62. The number of carbonyl (C=O) groups is 1. The zero-order valence-corrected chi connectivity index (χ0v) is 13.2. The highest BCUT2D eigenvalue weighted by Crippen LogP contribution is 2.18. The Labute approximate surface area is 132 Å². The third-order valence-electron chi connectivity index (χ3n) is 2.81. The summed E-state index contributed by atoms with van der Waals surface area (Å²) in [5.74, 6) is 0.717. The van der Waals surface area contributed by atoms with Crippen LogP contribution in [0.15, 0.2) is 22.8 Å². The molecule has 2 N–H and O–H groups in total. The van der Waals surface area contributed by atoms with Gasteiger partial charge in [-0.05, 0) is 38.1 Å². The maximum Gasteiger partial charge on any atom is 0.324 e. The van der Waals surface area contributed by atoms with Crippen molar-refractivity contribution in [3.63, 3.8) is 0 Å². The molecule has 0 unspecified atom stereocenters. The van der Waals surface area contributed by atoms with E-state index < -0.39 is 0 Å². The summed E-state index contributed by atoms with van der Waals surface area (Å²) < 4.78 is 5.18. The Morgan fingerprint density at radius 2 is 2.32 bits per heavy atom. The van der Waals surface area contributed by atoms with Crippen molar-refractivity contribution in [3.8, 4) is 0 Å². The second-order valence-corrected chi connectivity index (χ2v) is 5.74. The number of nitrogens with one attached hydrogen (secondary N) is 1. The van der Waals surface area contributed by atoms with Gasteiger partial charge in [-0.1, -0.05) is 11.3 Å². The molecule has 0 radical (unpaired) electrons. The topological polar surface area (TPSA) is 91.5 Å². The minimum absolute atomic E-state index is 0.0154. The molecule has 0 aliphatic carbocycles. The Hall–Kier alpha value is -2.19. The van der Waals surface area contributed by atoms with Gasteiger partial charge in [-0.15, -0.1) is 10.2 Å². The fourth-order valence-corrected chi connectivity index (χ4v) is 2.39. The summed E-state index contributed by atoms with van der Waals surface area (Å²) in [6.45, 7) is 3.95. The SMILES string of the molecule is CC(C)N(CCO)C(=O)Nc1nnc(/C=C/c2ccco2)s1. The molecule has 0 aliphatic rings. The van der Waals surface area contributed by atoms with E-state index in [9.17, 15) is 4.79 Å². The van der Waals surface area contributed by atoms with Crippen molar-refractivity contribution in [1.29, 1.82) is 0 Å². The molecule has 7 nitrogen and oxygen atoms in total. The number of anilines is 1. The molecule has 0 aromatic carbocycles. The molecule has 0 bridgehead atoms. The number of rotatable bonds is 6. The summed E-state index contributed by atoms with van der Waals surface area (Å²) >= 11 is 1.26. The molecule has 0 spiro atoms. The van der Waals surface area contributed by atoms with E-state index in [2.05, 4.69) is 15.5 Å². The van der Waals surface area contributed by atoms with Crippen LogP contribution in [0, 0.1) is 0 Å². The van der Waals surface area contributed by atoms with Crippen LogP contribution in [0.1, 0.15) is 24.6 Å². The van der Waals surface area contributed by atoms with Crippen molar-refractivity contribution in [2.45, 2.75) is 19.9 Å². The van der Waals surface area contributed by atoms with Crippen molar-refractivity contribution in [2.24, 2.45) is 0 Å². The number of aliphatic hydroxyl groups excluding tert-OH is 1. The maximum absolute atomic E-state index is 12.1. The predicted molar refractivity (Wildman–Crippen MR) is 85.5 cm³/mol. The van der Waals surface area contributed by atoms with Crippen LogP contribution in [0.5, 0.6) is 0 Å². The fraction of sp³-hybridized carbons (Fsp3) is 0.357. The van der Waals surface area contributed by atoms with Gasteiger partial charge in [0, 0.05) is 12.6 Å². The highest BCUT2D eigenvalue weighted by Gasteiger charge is 2.17. The normalized spacial score (nSPS) is 11.3. The molecule has 8 heteroatoms. The molecule has 0 atom stereocenters. The molecule has 2 aromatic heterocycles. The fourth-order valence-electron chi connectivity index (χ4n) is 1.76. The first-order valence-electron chi connectivity index (χ1n) is 6.83. The van der Waals surface area contributed by atoms with Gasteiger partial charge in [0.15, 0.2) is 0 Å². The van der Waals surface area contributed by atoms with Crippen molar-refractivity contribution in [3.05, 3.63) is 29.2 Å². The lowest BCUT2D eigenvalue weighted by molar-refractivity contribution is 0.172. The number of amides is 2. The number of carbonyl (C=O) groups excluding carboxylic acids is 1. The highest BCUT2D eigenvalue weighted by atomic mass is 32.1. The number of nitrogens with zero attached hydrogens (tertiary/aromatic N) is 3. The van der Waals surface area contributed by atoms with E-state index in [1.54, 1.807) is 24.5 Å². The molecule has 2 aromatic rings. The van der Waals surface area contributed by atoms with E-state index in [-0.39, 0.29) is 25.2 Å². The molecular formula is C14H18N4O3S. The highest BCUT2D eigenvalue weighted by molar-refractivity contribution is 7.16. The van der Waals surface area contributed by atoms with Gasteiger partial charge in [-0.2, -0.15) is 0 Å². The van der Waals surface area contributed by atoms with E-state index in [0.717, 1.165) is 5.76 Å². The molecule has 2 heterocycles. The molecule has 0 saturated heterocycles. The Morgan fingerprint density at radius 1 is 1.50 bits per heavy atom. The van der Waals surface area contributed by atoms with Crippen LogP contribution < -0.4 is 5.32 Å². The molecule has 118 valence electrons. The summed E-state index contributed by atoms with van der Waals surface area (Å²) in [7, 11) is 0. The van der Waals surface area contributed by atoms with Crippen molar-refractivity contribution < 1.29 is 14.3 Å². The third kappa shape index (κ3) is 4.40. The summed E-state index contributed by atoms with van der Waals surface area (Å²) in [6, 6.07) is 3.31. The van der Waals surface area contributed by atoms with Crippen LogP contribution in [0.25, 0.3) is 12.2 Å². The van der Waals surface area contributed by atoms with E-state index in [0.29, 0.717) is 10.1 Å². The minimum atomic E-state index is -0.304. The number of hydrogen-bond acceptors (Lipinski definition) is 6. The van der Waals surface area contributed by atoms with Gasteiger partial charge in [0.2, 0.25) is 5.13 Å². The van der Waals surface area contributed by atoms with Crippen LogP contribution in [0.2, 0.25) is 0 Å². The van der Waals surface area contributed by atoms with Gasteiger partial charge in [0.1, 0.15) is 10.8 Å². The lowest BCUT2D eigenvalue weighted by atomic mass is 10.3. The number of hydrogen-bond donors (Lipinski definition) is 2. The van der Waals surface area contributed by atoms with Crippen LogP contribution in [0.3, 0.4) is 0 Å². The summed E-state index contributed by atoms with van der Waals surface area (Å²) in [5.41, 5.74) is 0. The average molecular weight is 322 g/mol. The van der Waals surface area contributed by atoms with Crippen molar-refractivity contribution in [1.82, 2.24) is 15.1 Å². The molecular weight excluding hydrogens is 304 g/mol.